The van der Waals surface area contributed by atoms with Crippen LogP contribution in [-0.4, -0.2) is 49.6 Å². The first-order valence-corrected chi connectivity index (χ1v) is 6.24. The van der Waals surface area contributed by atoms with Crippen LogP contribution in [0, 0.1) is 16.7 Å². The highest BCUT2D eigenvalue weighted by Gasteiger charge is 2.23. The number of hydrogen-bond donors (Lipinski definition) is 0. The fourth-order valence-corrected chi connectivity index (χ4v) is 2.15. The minimum atomic E-state index is -0.176. The van der Waals surface area contributed by atoms with Gasteiger partial charge in [0.15, 0.2) is 0 Å². The molecule has 0 amide bonds. The molecule has 0 N–H and O–H groups in total. The summed E-state index contributed by atoms with van der Waals surface area (Å²) in [7, 11) is 4.32. The lowest BCUT2D eigenvalue weighted by Crippen LogP contribution is -2.45. The lowest BCUT2D eigenvalue weighted by atomic mass is 9.91. The molecule has 16 heavy (non-hydrogen) atoms. The SMILES string of the molecule is CN(C)C1CCCN(CCC(C)(C)C#N)C1. The van der Waals surface area contributed by atoms with E-state index >= 15 is 0 Å². The van der Waals surface area contributed by atoms with Gasteiger partial charge in [0.25, 0.3) is 0 Å². The highest BCUT2D eigenvalue weighted by atomic mass is 15.2. The highest BCUT2D eigenvalue weighted by molar-refractivity contribution is 4.92. The number of likely N-dealkylation sites (tertiary alicyclic amines) is 1. The van der Waals surface area contributed by atoms with Gasteiger partial charge in [-0.1, -0.05) is 0 Å². The van der Waals surface area contributed by atoms with Crippen LogP contribution < -0.4 is 0 Å². The first-order chi connectivity index (χ1) is 7.44. The van der Waals surface area contributed by atoms with Crippen molar-refractivity contribution in [2.45, 2.75) is 39.2 Å². The van der Waals surface area contributed by atoms with E-state index in [0.29, 0.717) is 6.04 Å². The quantitative estimate of drug-likeness (QED) is 0.730. The standard InChI is InChI=1S/C13H25N3/c1-13(2,11-14)7-9-16-8-5-6-12(10-16)15(3)4/h12H,5-10H2,1-4H3. The van der Waals surface area contributed by atoms with Gasteiger partial charge in [-0.25, -0.2) is 0 Å². The molecule has 1 atom stereocenters. The van der Waals surface area contributed by atoms with Crippen molar-refractivity contribution in [2.75, 3.05) is 33.7 Å². The Kier molecular flexibility index (Phi) is 4.76. The van der Waals surface area contributed by atoms with E-state index in [1.165, 1.54) is 19.4 Å². The maximum absolute atomic E-state index is 8.99. The van der Waals surface area contributed by atoms with E-state index < -0.39 is 0 Å². The molecule has 0 aromatic rings. The van der Waals surface area contributed by atoms with Gasteiger partial charge in [0.1, 0.15) is 0 Å². The van der Waals surface area contributed by atoms with Crippen LogP contribution in [0.4, 0.5) is 0 Å². The molecule has 1 saturated heterocycles. The van der Waals surface area contributed by atoms with Crippen molar-refractivity contribution in [3.63, 3.8) is 0 Å². The largest absolute Gasteiger partial charge is 0.305 e. The van der Waals surface area contributed by atoms with Gasteiger partial charge in [0.05, 0.1) is 11.5 Å². The van der Waals surface area contributed by atoms with E-state index in [0.717, 1.165) is 19.5 Å². The highest BCUT2D eigenvalue weighted by Crippen LogP contribution is 2.21. The number of likely N-dealkylation sites (N-methyl/N-ethyl adjacent to an activating group) is 1. The molecule has 3 heteroatoms. The Hall–Kier alpha value is -0.590. The van der Waals surface area contributed by atoms with Crippen molar-refractivity contribution in [2.24, 2.45) is 5.41 Å². The molecule has 1 rings (SSSR count). The average molecular weight is 223 g/mol. The van der Waals surface area contributed by atoms with Crippen molar-refractivity contribution in [3.05, 3.63) is 0 Å². The summed E-state index contributed by atoms with van der Waals surface area (Å²) in [5.41, 5.74) is -0.176. The zero-order chi connectivity index (χ0) is 12.2. The third kappa shape index (κ3) is 4.11. The molecule has 0 aliphatic carbocycles. The first kappa shape index (κ1) is 13.5. The van der Waals surface area contributed by atoms with Gasteiger partial charge in [-0.05, 0) is 60.3 Å². The van der Waals surface area contributed by atoms with Gasteiger partial charge in [-0.15, -0.1) is 0 Å². The Labute approximate surface area is 100 Å². The van der Waals surface area contributed by atoms with E-state index in [4.69, 9.17) is 5.26 Å². The Morgan fingerprint density at radius 3 is 2.69 bits per heavy atom. The second-order valence-corrected chi connectivity index (χ2v) is 5.81. The Bertz CT molecular complexity index is 252. The summed E-state index contributed by atoms with van der Waals surface area (Å²) >= 11 is 0. The third-order valence-corrected chi connectivity index (χ3v) is 3.57. The Morgan fingerprint density at radius 2 is 2.12 bits per heavy atom. The predicted octanol–water partition coefficient (Wildman–Crippen LogP) is 1.95. The van der Waals surface area contributed by atoms with Crippen LogP contribution in [0.3, 0.4) is 0 Å². The van der Waals surface area contributed by atoms with E-state index in [9.17, 15) is 0 Å². The zero-order valence-corrected chi connectivity index (χ0v) is 11.2. The average Bonchev–Trinajstić information content (AvgIpc) is 2.27. The van der Waals surface area contributed by atoms with Crippen molar-refractivity contribution in [1.82, 2.24) is 9.80 Å². The lowest BCUT2D eigenvalue weighted by Gasteiger charge is -2.36. The molecule has 1 aliphatic rings. The topological polar surface area (TPSA) is 30.3 Å². The summed E-state index contributed by atoms with van der Waals surface area (Å²) in [6.45, 7) is 7.48. The van der Waals surface area contributed by atoms with Gasteiger partial charge in [-0.3, -0.25) is 0 Å². The third-order valence-electron chi connectivity index (χ3n) is 3.57. The summed E-state index contributed by atoms with van der Waals surface area (Å²) in [6.07, 6.45) is 3.57. The molecule has 1 unspecified atom stereocenters. The number of nitriles is 1. The van der Waals surface area contributed by atoms with Gasteiger partial charge < -0.3 is 9.80 Å². The molecular weight excluding hydrogens is 198 g/mol. The van der Waals surface area contributed by atoms with Crippen LogP contribution >= 0.6 is 0 Å². The lowest BCUT2D eigenvalue weighted by molar-refractivity contribution is 0.125. The van der Waals surface area contributed by atoms with E-state index in [1.54, 1.807) is 0 Å². The molecule has 1 aliphatic heterocycles. The van der Waals surface area contributed by atoms with E-state index in [1.807, 2.05) is 13.8 Å². The van der Waals surface area contributed by atoms with Crippen LogP contribution in [0.2, 0.25) is 0 Å². The minimum absolute atomic E-state index is 0.176. The molecule has 1 heterocycles. The number of piperidine rings is 1. The molecule has 1 fully saturated rings. The maximum atomic E-state index is 8.99. The van der Waals surface area contributed by atoms with E-state index in [-0.39, 0.29) is 5.41 Å². The number of nitrogens with zero attached hydrogens (tertiary/aromatic N) is 3. The zero-order valence-electron chi connectivity index (χ0n) is 11.2. The predicted molar refractivity (Wildman–Crippen MR) is 67.2 cm³/mol. The molecule has 0 spiro atoms. The Morgan fingerprint density at radius 1 is 1.44 bits per heavy atom. The summed E-state index contributed by atoms with van der Waals surface area (Å²) in [6, 6.07) is 3.07. The number of rotatable bonds is 4. The normalized spacial score (nSPS) is 23.4. The fraction of sp³-hybridized carbons (Fsp3) is 0.923. The van der Waals surface area contributed by atoms with Gasteiger partial charge in [0, 0.05) is 12.6 Å². The van der Waals surface area contributed by atoms with Gasteiger partial charge >= 0.3 is 0 Å². The van der Waals surface area contributed by atoms with Crippen LogP contribution in [0.15, 0.2) is 0 Å². The fourth-order valence-electron chi connectivity index (χ4n) is 2.15. The molecule has 3 nitrogen and oxygen atoms in total. The molecule has 0 bridgehead atoms. The van der Waals surface area contributed by atoms with Gasteiger partial charge in [-0.2, -0.15) is 5.26 Å². The van der Waals surface area contributed by atoms with Gasteiger partial charge in [0.2, 0.25) is 0 Å². The maximum Gasteiger partial charge on any atom is 0.0684 e. The summed E-state index contributed by atoms with van der Waals surface area (Å²) in [5, 5.41) is 8.99. The first-order valence-electron chi connectivity index (χ1n) is 6.24. The summed E-state index contributed by atoms with van der Waals surface area (Å²) < 4.78 is 0. The van der Waals surface area contributed by atoms with Crippen LogP contribution in [-0.2, 0) is 0 Å². The molecule has 0 aromatic carbocycles. The van der Waals surface area contributed by atoms with Crippen molar-refractivity contribution in [1.29, 1.82) is 5.26 Å². The number of hydrogen-bond acceptors (Lipinski definition) is 3. The molecule has 0 aromatic heterocycles. The van der Waals surface area contributed by atoms with Crippen molar-refractivity contribution < 1.29 is 0 Å². The van der Waals surface area contributed by atoms with Crippen LogP contribution in [0.25, 0.3) is 0 Å². The molecular formula is C13H25N3. The molecule has 0 radical (unpaired) electrons. The van der Waals surface area contributed by atoms with Crippen LogP contribution in [0.5, 0.6) is 0 Å². The summed E-state index contributed by atoms with van der Waals surface area (Å²) in [5.74, 6) is 0. The monoisotopic (exact) mass is 223 g/mol. The van der Waals surface area contributed by atoms with Crippen LogP contribution in [0.1, 0.15) is 33.1 Å². The second kappa shape index (κ2) is 5.65. The molecule has 92 valence electrons. The Balaban J connectivity index is 2.36. The van der Waals surface area contributed by atoms with E-state index in [2.05, 4.69) is 30.0 Å². The van der Waals surface area contributed by atoms with Crippen molar-refractivity contribution in [3.8, 4) is 6.07 Å². The van der Waals surface area contributed by atoms with Crippen molar-refractivity contribution >= 4 is 0 Å². The smallest absolute Gasteiger partial charge is 0.0684 e. The minimum Gasteiger partial charge on any atom is -0.305 e. The second-order valence-electron chi connectivity index (χ2n) is 5.81. The summed E-state index contributed by atoms with van der Waals surface area (Å²) in [4.78, 5) is 4.83. The molecule has 0 saturated carbocycles.